The molecule has 0 radical (unpaired) electrons. The molecule has 0 spiro atoms. The van der Waals surface area contributed by atoms with Crippen molar-refractivity contribution in [2.45, 2.75) is 51.3 Å². The highest BCUT2D eigenvalue weighted by Gasteiger charge is 2.59. The van der Waals surface area contributed by atoms with Crippen molar-refractivity contribution in [1.29, 1.82) is 0 Å². The van der Waals surface area contributed by atoms with E-state index in [1.54, 1.807) is 0 Å². The highest BCUT2D eigenvalue weighted by Crippen LogP contribution is 2.52. The molecule has 16 heavy (non-hydrogen) atoms. The first kappa shape index (κ1) is 11.4. The van der Waals surface area contributed by atoms with Crippen molar-refractivity contribution in [2.24, 2.45) is 11.3 Å². The van der Waals surface area contributed by atoms with Crippen LogP contribution in [0.25, 0.3) is 0 Å². The molecule has 4 atom stereocenters. The zero-order valence-corrected chi connectivity index (χ0v) is 11.2. The Balaban J connectivity index is 1.61. The van der Waals surface area contributed by atoms with Gasteiger partial charge < -0.3 is 10.1 Å². The lowest BCUT2D eigenvalue weighted by atomic mass is 9.57. The van der Waals surface area contributed by atoms with E-state index in [9.17, 15) is 0 Å². The maximum atomic E-state index is 5.84. The third-order valence-electron chi connectivity index (χ3n) is 4.68. The second-order valence-corrected chi connectivity index (χ2v) is 7.27. The Hall–Kier alpha value is 0.270. The number of fused-ring (bicyclic) bond motifs is 1. The summed E-state index contributed by atoms with van der Waals surface area (Å²) in [7, 11) is 0. The second-order valence-electron chi connectivity index (χ2n) is 6.12. The van der Waals surface area contributed by atoms with Crippen molar-refractivity contribution in [3.8, 4) is 0 Å². The van der Waals surface area contributed by atoms with Gasteiger partial charge in [-0.25, -0.2) is 0 Å². The van der Waals surface area contributed by atoms with Gasteiger partial charge in [0.1, 0.15) is 0 Å². The van der Waals surface area contributed by atoms with Crippen LogP contribution >= 0.6 is 11.8 Å². The number of rotatable bonds is 2. The zero-order chi connectivity index (χ0) is 11.2. The van der Waals surface area contributed by atoms with Gasteiger partial charge in [0.15, 0.2) is 0 Å². The van der Waals surface area contributed by atoms with Crippen LogP contribution in [0.2, 0.25) is 0 Å². The molecule has 3 rings (SSSR count). The molecule has 92 valence electrons. The van der Waals surface area contributed by atoms with Gasteiger partial charge in [-0.3, -0.25) is 0 Å². The molecule has 2 aliphatic heterocycles. The molecule has 1 saturated carbocycles. The number of thioether (sulfide) groups is 1. The summed E-state index contributed by atoms with van der Waals surface area (Å²) in [6, 6.07) is 1.45. The molecule has 0 aromatic rings. The predicted octanol–water partition coefficient (Wildman–Crippen LogP) is 2.29. The molecular weight excluding hydrogens is 218 g/mol. The van der Waals surface area contributed by atoms with Gasteiger partial charge >= 0.3 is 0 Å². The Bertz CT molecular complexity index is 263. The Kier molecular flexibility index (Phi) is 2.97. The van der Waals surface area contributed by atoms with Gasteiger partial charge in [0, 0.05) is 35.8 Å². The summed E-state index contributed by atoms with van der Waals surface area (Å²) in [6.07, 6.45) is 4.56. The zero-order valence-electron chi connectivity index (χ0n) is 10.4. The molecule has 2 heterocycles. The molecule has 2 nitrogen and oxygen atoms in total. The largest absolute Gasteiger partial charge is 0.377 e. The first-order valence-electron chi connectivity index (χ1n) is 6.65. The van der Waals surface area contributed by atoms with Crippen LogP contribution in [0.1, 0.15) is 33.1 Å². The van der Waals surface area contributed by atoms with Gasteiger partial charge in [-0.1, -0.05) is 13.8 Å². The van der Waals surface area contributed by atoms with Crippen LogP contribution in [0, 0.1) is 11.3 Å². The normalized spacial score (nSPS) is 46.1. The van der Waals surface area contributed by atoms with Crippen LogP contribution < -0.4 is 5.32 Å². The first-order valence-corrected chi connectivity index (χ1v) is 7.80. The van der Waals surface area contributed by atoms with Crippen molar-refractivity contribution in [3.63, 3.8) is 0 Å². The average Bonchev–Trinajstić information content (AvgIpc) is 2.74. The molecule has 1 N–H and O–H groups in total. The maximum absolute atomic E-state index is 5.84. The van der Waals surface area contributed by atoms with Crippen molar-refractivity contribution in [2.75, 3.05) is 18.1 Å². The van der Waals surface area contributed by atoms with E-state index in [0.29, 0.717) is 17.6 Å². The van der Waals surface area contributed by atoms with E-state index in [0.717, 1.165) is 18.6 Å². The third-order valence-corrected chi connectivity index (χ3v) is 5.89. The summed E-state index contributed by atoms with van der Waals surface area (Å²) in [5, 5.41) is 3.92. The van der Waals surface area contributed by atoms with E-state index in [1.807, 2.05) is 0 Å². The maximum Gasteiger partial charge on any atom is 0.0685 e. The lowest BCUT2D eigenvalue weighted by molar-refractivity contribution is -0.115. The van der Waals surface area contributed by atoms with Crippen LogP contribution in [-0.2, 0) is 4.74 Å². The van der Waals surface area contributed by atoms with Crippen LogP contribution in [0.15, 0.2) is 0 Å². The molecule has 2 saturated heterocycles. The first-order chi connectivity index (χ1) is 7.69. The Morgan fingerprint density at radius 1 is 1.31 bits per heavy atom. The average molecular weight is 241 g/mol. The predicted molar refractivity (Wildman–Crippen MR) is 68.9 cm³/mol. The third kappa shape index (κ3) is 1.72. The summed E-state index contributed by atoms with van der Waals surface area (Å²) >= 11 is 2.11. The van der Waals surface area contributed by atoms with Gasteiger partial charge in [0.2, 0.25) is 0 Å². The number of hydrogen-bond acceptors (Lipinski definition) is 3. The Morgan fingerprint density at radius 3 is 2.94 bits per heavy atom. The van der Waals surface area contributed by atoms with E-state index in [4.69, 9.17) is 4.74 Å². The molecule has 0 aromatic carbocycles. The lowest BCUT2D eigenvalue weighted by Crippen LogP contribution is -2.67. The smallest absolute Gasteiger partial charge is 0.0685 e. The SMILES string of the molecule is CC1(C)C(NC2CCCSC2)C2CCOC21. The van der Waals surface area contributed by atoms with Gasteiger partial charge in [-0.15, -0.1) is 0 Å². The van der Waals surface area contributed by atoms with Crippen LogP contribution in [0.3, 0.4) is 0 Å². The highest BCUT2D eigenvalue weighted by atomic mass is 32.2. The molecular formula is C13H23NOS. The monoisotopic (exact) mass is 241 g/mol. The standard InChI is InChI=1S/C13H23NOS/c1-13(2)11(10-5-6-15-12(10)13)14-9-4-3-7-16-8-9/h9-12,14H,3-8H2,1-2H3. The minimum absolute atomic E-state index is 0.350. The van der Waals surface area contributed by atoms with Crippen molar-refractivity contribution in [1.82, 2.24) is 5.32 Å². The summed E-state index contributed by atoms with van der Waals surface area (Å²) in [5.74, 6) is 3.47. The minimum Gasteiger partial charge on any atom is -0.377 e. The van der Waals surface area contributed by atoms with Crippen molar-refractivity contribution < 1.29 is 4.74 Å². The molecule has 3 fully saturated rings. The highest BCUT2D eigenvalue weighted by molar-refractivity contribution is 7.99. The van der Waals surface area contributed by atoms with Gasteiger partial charge in [0.05, 0.1) is 6.10 Å². The summed E-state index contributed by atoms with van der Waals surface area (Å²) in [4.78, 5) is 0. The fourth-order valence-corrected chi connectivity index (χ4v) is 4.87. The van der Waals surface area contributed by atoms with Crippen LogP contribution in [-0.4, -0.2) is 36.3 Å². The fraction of sp³-hybridized carbons (Fsp3) is 1.00. The van der Waals surface area contributed by atoms with Gasteiger partial charge in [-0.05, 0) is 25.0 Å². The Labute approximate surface area is 103 Å². The van der Waals surface area contributed by atoms with E-state index in [1.165, 1.54) is 30.8 Å². The van der Waals surface area contributed by atoms with E-state index < -0.39 is 0 Å². The molecule has 0 aromatic heterocycles. The summed E-state index contributed by atoms with van der Waals surface area (Å²) in [5.41, 5.74) is 0.350. The lowest BCUT2D eigenvalue weighted by Gasteiger charge is -2.56. The Morgan fingerprint density at radius 2 is 2.19 bits per heavy atom. The van der Waals surface area contributed by atoms with E-state index in [2.05, 4.69) is 30.9 Å². The molecule has 0 amide bonds. The fourth-order valence-electron chi connectivity index (χ4n) is 3.79. The quantitative estimate of drug-likeness (QED) is 0.801. The number of ether oxygens (including phenoxy) is 1. The molecule has 0 bridgehead atoms. The molecule has 3 aliphatic rings. The van der Waals surface area contributed by atoms with E-state index >= 15 is 0 Å². The topological polar surface area (TPSA) is 21.3 Å². The van der Waals surface area contributed by atoms with Gasteiger partial charge in [-0.2, -0.15) is 11.8 Å². The molecule has 1 aliphatic carbocycles. The molecule has 3 heteroatoms. The summed E-state index contributed by atoms with van der Waals surface area (Å²) < 4.78 is 5.84. The number of hydrogen-bond donors (Lipinski definition) is 1. The van der Waals surface area contributed by atoms with Gasteiger partial charge in [0.25, 0.3) is 0 Å². The number of nitrogens with one attached hydrogen (secondary N) is 1. The second kappa shape index (κ2) is 4.18. The van der Waals surface area contributed by atoms with E-state index in [-0.39, 0.29) is 0 Å². The minimum atomic E-state index is 0.350. The summed E-state index contributed by atoms with van der Waals surface area (Å²) in [6.45, 7) is 5.72. The molecule has 4 unspecified atom stereocenters. The van der Waals surface area contributed by atoms with Crippen LogP contribution in [0.5, 0.6) is 0 Å². The van der Waals surface area contributed by atoms with Crippen molar-refractivity contribution in [3.05, 3.63) is 0 Å². The van der Waals surface area contributed by atoms with Crippen LogP contribution in [0.4, 0.5) is 0 Å². The van der Waals surface area contributed by atoms with Crippen molar-refractivity contribution >= 4 is 11.8 Å².